The first-order valence-electron chi connectivity index (χ1n) is 7.11. The summed E-state index contributed by atoms with van der Waals surface area (Å²) in [6, 6.07) is 6.37. The van der Waals surface area contributed by atoms with Crippen LogP contribution in [0.1, 0.15) is 39.7 Å². The zero-order valence-corrected chi connectivity index (χ0v) is 14.8. The van der Waals surface area contributed by atoms with Crippen LogP contribution < -0.4 is 10.2 Å². The Balaban J connectivity index is 2.84. The van der Waals surface area contributed by atoms with E-state index >= 15 is 0 Å². The summed E-state index contributed by atoms with van der Waals surface area (Å²) in [5.74, 6) is 0. The van der Waals surface area contributed by atoms with E-state index in [4.69, 9.17) is 0 Å². The molecule has 0 fully saturated rings. The van der Waals surface area contributed by atoms with E-state index in [0.717, 1.165) is 24.0 Å². The third kappa shape index (κ3) is 6.25. The number of rotatable bonds is 6. The molecule has 1 aromatic rings. The number of aliphatic hydroxyl groups excluding tert-OH is 1. The van der Waals surface area contributed by atoms with Gasteiger partial charge in [0, 0.05) is 35.8 Å². The van der Waals surface area contributed by atoms with E-state index in [1.54, 1.807) is 0 Å². The quantitative estimate of drug-likeness (QED) is 0.829. The molecular weight excluding hydrogens is 316 g/mol. The van der Waals surface area contributed by atoms with Crippen molar-refractivity contribution in [3.63, 3.8) is 0 Å². The molecule has 0 aliphatic carbocycles. The summed E-state index contributed by atoms with van der Waals surface area (Å²) < 4.78 is 1.08. The summed E-state index contributed by atoms with van der Waals surface area (Å²) in [6.45, 7) is 10.0. The molecule has 0 spiro atoms. The zero-order chi connectivity index (χ0) is 15.3. The summed E-state index contributed by atoms with van der Waals surface area (Å²) in [5.41, 5.74) is 2.58. The van der Waals surface area contributed by atoms with Crippen molar-refractivity contribution in [2.24, 2.45) is 0 Å². The normalized spacial score (nSPS) is 13.3. The van der Waals surface area contributed by atoms with Crippen LogP contribution in [0.15, 0.2) is 22.7 Å². The molecule has 4 heteroatoms. The minimum atomic E-state index is -0.263. The predicted octanol–water partition coefficient (Wildman–Crippen LogP) is 3.54. The standard InChI is InChI=1S/C16H27BrN2O/c1-12(20)8-9-19(5)15-10-14(17)7-6-13(15)11-18-16(2,3)4/h6-7,10,12,18,20H,8-9,11H2,1-5H3. The van der Waals surface area contributed by atoms with Crippen LogP contribution in [0.2, 0.25) is 0 Å². The molecule has 0 aromatic heterocycles. The second-order valence-corrected chi connectivity index (χ2v) is 7.35. The average Bonchev–Trinajstić information content (AvgIpc) is 2.33. The Morgan fingerprint density at radius 2 is 2.00 bits per heavy atom. The molecule has 0 saturated heterocycles. The first kappa shape index (κ1) is 17.5. The highest BCUT2D eigenvalue weighted by atomic mass is 79.9. The number of anilines is 1. The molecule has 114 valence electrons. The van der Waals surface area contributed by atoms with Crippen LogP contribution in [0.25, 0.3) is 0 Å². The number of hydrogen-bond acceptors (Lipinski definition) is 3. The van der Waals surface area contributed by atoms with Gasteiger partial charge in [0.1, 0.15) is 0 Å². The van der Waals surface area contributed by atoms with E-state index in [0.29, 0.717) is 0 Å². The Kier molecular flexibility index (Phi) is 6.49. The highest BCUT2D eigenvalue weighted by Crippen LogP contribution is 2.25. The maximum absolute atomic E-state index is 9.43. The fraction of sp³-hybridized carbons (Fsp3) is 0.625. The van der Waals surface area contributed by atoms with Gasteiger partial charge in [-0.1, -0.05) is 22.0 Å². The van der Waals surface area contributed by atoms with Crippen LogP contribution in [-0.4, -0.2) is 30.3 Å². The molecule has 0 amide bonds. The third-order valence-corrected chi connectivity index (χ3v) is 3.64. The number of nitrogens with zero attached hydrogens (tertiary/aromatic N) is 1. The monoisotopic (exact) mass is 342 g/mol. The van der Waals surface area contributed by atoms with Crippen molar-refractivity contribution >= 4 is 21.6 Å². The van der Waals surface area contributed by atoms with Gasteiger partial charge in [-0.3, -0.25) is 0 Å². The van der Waals surface area contributed by atoms with Gasteiger partial charge >= 0.3 is 0 Å². The molecule has 0 radical (unpaired) electrons. The number of halogens is 1. The molecule has 1 unspecified atom stereocenters. The number of aliphatic hydroxyl groups is 1. The van der Waals surface area contributed by atoms with E-state index in [9.17, 15) is 5.11 Å². The molecule has 0 aliphatic rings. The fourth-order valence-electron chi connectivity index (χ4n) is 1.90. The van der Waals surface area contributed by atoms with E-state index in [1.807, 2.05) is 6.92 Å². The average molecular weight is 343 g/mol. The number of nitrogens with one attached hydrogen (secondary N) is 1. The van der Waals surface area contributed by atoms with Gasteiger partial charge in [0.25, 0.3) is 0 Å². The lowest BCUT2D eigenvalue weighted by Crippen LogP contribution is -2.35. The largest absolute Gasteiger partial charge is 0.393 e. The van der Waals surface area contributed by atoms with Crippen molar-refractivity contribution in [3.05, 3.63) is 28.2 Å². The third-order valence-electron chi connectivity index (χ3n) is 3.15. The van der Waals surface area contributed by atoms with Crippen molar-refractivity contribution in [2.45, 2.75) is 52.3 Å². The summed E-state index contributed by atoms with van der Waals surface area (Å²) in [4.78, 5) is 2.21. The van der Waals surface area contributed by atoms with Crippen molar-refractivity contribution in [1.29, 1.82) is 0 Å². The van der Waals surface area contributed by atoms with E-state index in [1.165, 1.54) is 11.3 Å². The second kappa shape index (κ2) is 7.43. The topological polar surface area (TPSA) is 35.5 Å². The van der Waals surface area contributed by atoms with Crippen LogP contribution in [-0.2, 0) is 6.54 Å². The Labute approximate surface area is 131 Å². The Hall–Kier alpha value is -0.580. The molecule has 0 aliphatic heterocycles. The number of benzene rings is 1. The smallest absolute Gasteiger partial charge is 0.0528 e. The highest BCUT2D eigenvalue weighted by Gasteiger charge is 2.13. The Morgan fingerprint density at radius 1 is 1.35 bits per heavy atom. The lowest BCUT2D eigenvalue weighted by molar-refractivity contribution is 0.187. The van der Waals surface area contributed by atoms with Gasteiger partial charge in [-0.25, -0.2) is 0 Å². The van der Waals surface area contributed by atoms with Crippen molar-refractivity contribution in [3.8, 4) is 0 Å². The molecule has 1 rings (SSSR count). The predicted molar refractivity (Wildman–Crippen MR) is 90.3 cm³/mol. The zero-order valence-electron chi connectivity index (χ0n) is 13.2. The first-order valence-corrected chi connectivity index (χ1v) is 7.91. The van der Waals surface area contributed by atoms with Crippen LogP contribution in [0.5, 0.6) is 0 Å². The summed E-state index contributed by atoms with van der Waals surface area (Å²) in [5, 5.41) is 13.0. The van der Waals surface area contributed by atoms with Gasteiger partial charge in [0.05, 0.1) is 6.10 Å². The SMILES string of the molecule is CC(O)CCN(C)c1cc(Br)ccc1CNC(C)(C)C. The molecule has 1 atom stereocenters. The van der Waals surface area contributed by atoms with Gasteiger partial charge in [0.15, 0.2) is 0 Å². The fourth-order valence-corrected chi connectivity index (χ4v) is 2.25. The molecule has 3 nitrogen and oxygen atoms in total. The maximum atomic E-state index is 9.43. The van der Waals surface area contributed by atoms with Gasteiger partial charge < -0.3 is 15.3 Å². The Bertz CT molecular complexity index is 427. The van der Waals surface area contributed by atoms with Crippen molar-refractivity contribution in [2.75, 3.05) is 18.5 Å². The molecule has 2 N–H and O–H groups in total. The van der Waals surface area contributed by atoms with Gasteiger partial charge in [-0.15, -0.1) is 0 Å². The minimum Gasteiger partial charge on any atom is -0.393 e. The first-order chi connectivity index (χ1) is 9.19. The van der Waals surface area contributed by atoms with Crippen molar-refractivity contribution < 1.29 is 5.11 Å². The van der Waals surface area contributed by atoms with Crippen LogP contribution >= 0.6 is 15.9 Å². The lowest BCUT2D eigenvalue weighted by Gasteiger charge is -2.26. The summed E-state index contributed by atoms with van der Waals surface area (Å²) in [6.07, 6.45) is 0.510. The molecule has 0 bridgehead atoms. The minimum absolute atomic E-state index is 0.0997. The molecule has 20 heavy (non-hydrogen) atoms. The van der Waals surface area contributed by atoms with Crippen LogP contribution in [0.3, 0.4) is 0 Å². The number of hydrogen-bond donors (Lipinski definition) is 2. The lowest BCUT2D eigenvalue weighted by atomic mass is 10.1. The van der Waals surface area contributed by atoms with E-state index in [-0.39, 0.29) is 11.6 Å². The van der Waals surface area contributed by atoms with Gasteiger partial charge in [-0.05, 0) is 51.8 Å². The summed E-state index contributed by atoms with van der Waals surface area (Å²) in [7, 11) is 2.07. The molecule has 0 heterocycles. The van der Waals surface area contributed by atoms with Crippen LogP contribution in [0, 0.1) is 0 Å². The second-order valence-electron chi connectivity index (χ2n) is 6.44. The van der Waals surface area contributed by atoms with Gasteiger partial charge in [-0.2, -0.15) is 0 Å². The van der Waals surface area contributed by atoms with E-state index in [2.05, 4.69) is 72.2 Å². The summed E-state index contributed by atoms with van der Waals surface area (Å²) >= 11 is 3.54. The molecule has 0 saturated carbocycles. The maximum Gasteiger partial charge on any atom is 0.0528 e. The molecule has 1 aromatic carbocycles. The van der Waals surface area contributed by atoms with Gasteiger partial charge in [0.2, 0.25) is 0 Å². The highest BCUT2D eigenvalue weighted by molar-refractivity contribution is 9.10. The molecular formula is C16H27BrN2O. The Morgan fingerprint density at radius 3 is 2.55 bits per heavy atom. The van der Waals surface area contributed by atoms with E-state index < -0.39 is 0 Å². The van der Waals surface area contributed by atoms with Crippen molar-refractivity contribution in [1.82, 2.24) is 5.32 Å². The van der Waals surface area contributed by atoms with Crippen LogP contribution in [0.4, 0.5) is 5.69 Å².